The van der Waals surface area contributed by atoms with Gasteiger partial charge in [0.15, 0.2) is 0 Å². The van der Waals surface area contributed by atoms with Crippen LogP contribution in [0.1, 0.15) is 18.4 Å². The van der Waals surface area contributed by atoms with Gasteiger partial charge in [-0.1, -0.05) is 17.7 Å². The first kappa shape index (κ1) is 17.4. The molecule has 7 heteroatoms. The van der Waals surface area contributed by atoms with E-state index in [0.717, 1.165) is 32.5 Å². The summed E-state index contributed by atoms with van der Waals surface area (Å²) >= 11 is 5.77. The number of hydrogen-bond donors (Lipinski definition) is 1. The first-order chi connectivity index (χ1) is 10.4. The van der Waals surface area contributed by atoms with Crippen molar-refractivity contribution in [1.29, 1.82) is 0 Å². The molecule has 1 heterocycles. The second kappa shape index (κ2) is 7.53. The van der Waals surface area contributed by atoms with Crippen LogP contribution in [0.15, 0.2) is 18.2 Å². The van der Waals surface area contributed by atoms with E-state index in [9.17, 15) is 13.2 Å². The Labute approximate surface area is 133 Å². The summed E-state index contributed by atoms with van der Waals surface area (Å²) in [6.45, 7) is 3.57. The number of benzene rings is 1. The quantitative estimate of drug-likeness (QED) is 0.836. The molecule has 0 spiro atoms. The van der Waals surface area contributed by atoms with Crippen LogP contribution in [0.4, 0.5) is 18.9 Å². The molecule has 22 heavy (non-hydrogen) atoms. The Morgan fingerprint density at radius 1 is 1.09 bits per heavy atom. The molecule has 1 fully saturated rings. The van der Waals surface area contributed by atoms with E-state index in [1.807, 2.05) is 0 Å². The molecular weight excluding hydrogens is 317 g/mol. The van der Waals surface area contributed by atoms with Crippen molar-refractivity contribution in [2.45, 2.75) is 19.0 Å². The summed E-state index contributed by atoms with van der Waals surface area (Å²) in [5.41, 5.74) is -0.583. The molecule has 1 aliphatic rings. The monoisotopic (exact) mass is 336 g/mol. The second-order valence-corrected chi connectivity index (χ2v) is 5.80. The molecule has 0 aliphatic carbocycles. The predicted octanol–water partition coefficient (Wildman–Crippen LogP) is 3.25. The zero-order valence-electron chi connectivity index (χ0n) is 12.2. The Morgan fingerprint density at radius 3 is 2.36 bits per heavy atom. The smallest absolute Gasteiger partial charge is 0.396 e. The SMILES string of the molecule is OCCCCN1CCN(c2cccc(Cl)c2C(F)(F)F)CC1. The summed E-state index contributed by atoms with van der Waals surface area (Å²) < 4.78 is 39.6. The number of aliphatic hydroxyl groups excluding tert-OH is 1. The Morgan fingerprint density at radius 2 is 1.77 bits per heavy atom. The number of aliphatic hydroxyl groups is 1. The molecule has 0 bridgehead atoms. The van der Waals surface area contributed by atoms with Crippen molar-refractivity contribution in [1.82, 2.24) is 4.90 Å². The average Bonchev–Trinajstić information content (AvgIpc) is 2.47. The predicted molar refractivity (Wildman–Crippen MR) is 81.4 cm³/mol. The molecular formula is C15H20ClF3N2O. The minimum atomic E-state index is -4.45. The van der Waals surface area contributed by atoms with Crippen LogP contribution in [-0.4, -0.2) is 49.3 Å². The second-order valence-electron chi connectivity index (χ2n) is 5.39. The molecule has 0 radical (unpaired) electrons. The maximum absolute atomic E-state index is 13.2. The van der Waals surface area contributed by atoms with Crippen molar-refractivity contribution < 1.29 is 18.3 Å². The Hall–Kier alpha value is -0.980. The van der Waals surface area contributed by atoms with Gasteiger partial charge in [0, 0.05) is 32.8 Å². The summed E-state index contributed by atoms with van der Waals surface area (Å²) in [4.78, 5) is 3.96. The number of piperazine rings is 1. The molecule has 0 unspecified atom stereocenters. The van der Waals surface area contributed by atoms with Crippen molar-refractivity contribution in [3.8, 4) is 0 Å². The summed E-state index contributed by atoms with van der Waals surface area (Å²) in [5, 5.41) is 8.52. The highest BCUT2D eigenvalue weighted by Gasteiger charge is 2.37. The van der Waals surface area contributed by atoms with E-state index >= 15 is 0 Å². The van der Waals surface area contributed by atoms with Crippen LogP contribution in [0.3, 0.4) is 0 Å². The van der Waals surface area contributed by atoms with E-state index in [4.69, 9.17) is 16.7 Å². The van der Waals surface area contributed by atoms with E-state index in [-0.39, 0.29) is 17.3 Å². The average molecular weight is 337 g/mol. The van der Waals surface area contributed by atoms with Gasteiger partial charge >= 0.3 is 6.18 Å². The van der Waals surface area contributed by atoms with Gasteiger partial charge in [0.2, 0.25) is 0 Å². The standard InChI is InChI=1S/C15H20ClF3N2O/c16-12-4-3-5-13(14(12)15(17,18)19)21-9-7-20(8-10-21)6-1-2-11-22/h3-5,22H,1-2,6-11H2. The van der Waals surface area contributed by atoms with Crippen molar-refractivity contribution >= 4 is 17.3 Å². The van der Waals surface area contributed by atoms with Crippen LogP contribution in [0.2, 0.25) is 5.02 Å². The Bertz CT molecular complexity index is 488. The summed E-state index contributed by atoms with van der Waals surface area (Å²) in [6, 6.07) is 4.32. The van der Waals surface area contributed by atoms with Gasteiger partial charge in [-0.3, -0.25) is 4.90 Å². The first-order valence-electron chi connectivity index (χ1n) is 7.37. The van der Waals surface area contributed by atoms with Gasteiger partial charge in [-0.15, -0.1) is 0 Å². The van der Waals surface area contributed by atoms with Gasteiger partial charge in [0.25, 0.3) is 0 Å². The fraction of sp³-hybridized carbons (Fsp3) is 0.600. The van der Waals surface area contributed by atoms with Crippen LogP contribution >= 0.6 is 11.6 Å². The number of nitrogens with zero attached hydrogens (tertiary/aromatic N) is 2. The number of halogens is 4. The summed E-state index contributed by atoms with van der Waals surface area (Å²) in [7, 11) is 0. The molecule has 2 rings (SSSR count). The molecule has 1 aliphatic heterocycles. The lowest BCUT2D eigenvalue weighted by Crippen LogP contribution is -2.47. The lowest BCUT2D eigenvalue weighted by atomic mass is 10.1. The van der Waals surface area contributed by atoms with Gasteiger partial charge < -0.3 is 10.0 Å². The van der Waals surface area contributed by atoms with Gasteiger partial charge in [0.1, 0.15) is 0 Å². The zero-order valence-corrected chi connectivity index (χ0v) is 13.0. The highest BCUT2D eigenvalue weighted by molar-refractivity contribution is 6.31. The molecule has 124 valence electrons. The summed E-state index contributed by atoms with van der Waals surface area (Å²) in [6.07, 6.45) is -2.79. The third kappa shape index (κ3) is 4.27. The maximum atomic E-state index is 13.2. The first-order valence-corrected chi connectivity index (χ1v) is 7.75. The summed E-state index contributed by atoms with van der Waals surface area (Å²) in [5.74, 6) is 0. The van der Waals surface area contributed by atoms with Crippen LogP contribution in [-0.2, 0) is 6.18 Å². The fourth-order valence-electron chi connectivity index (χ4n) is 2.72. The number of hydrogen-bond acceptors (Lipinski definition) is 3. The number of alkyl halides is 3. The van der Waals surface area contributed by atoms with Crippen molar-refractivity contribution in [3.63, 3.8) is 0 Å². The van der Waals surface area contributed by atoms with Crippen molar-refractivity contribution in [3.05, 3.63) is 28.8 Å². The van der Waals surface area contributed by atoms with Crippen LogP contribution in [0.5, 0.6) is 0 Å². The lowest BCUT2D eigenvalue weighted by molar-refractivity contribution is -0.137. The Balaban J connectivity index is 2.04. The number of rotatable bonds is 5. The molecule has 1 N–H and O–H groups in total. The molecule has 0 atom stereocenters. The molecule has 1 aromatic carbocycles. The van der Waals surface area contributed by atoms with E-state index in [0.29, 0.717) is 13.1 Å². The fourth-order valence-corrected chi connectivity index (χ4v) is 2.99. The zero-order chi connectivity index (χ0) is 16.2. The third-order valence-electron chi connectivity index (χ3n) is 3.87. The normalized spacial score (nSPS) is 17.0. The van der Waals surface area contributed by atoms with Crippen LogP contribution in [0, 0.1) is 0 Å². The highest BCUT2D eigenvalue weighted by Crippen LogP contribution is 2.41. The van der Waals surface area contributed by atoms with Crippen LogP contribution < -0.4 is 4.90 Å². The third-order valence-corrected chi connectivity index (χ3v) is 4.19. The Kier molecular flexibility index (Phi) is 5.94. The van der Waals surface area contributed by atoms with Crippen molar-refractivity contribution in [2.75, 3.05) is 44.2 Å². The highest BCUT2D eigenvalue weighted by atomic mass is 35.5. The van der Waals surface area contributed by atoms with Crippen molar-refractivity contribution in [2.24, 2.45) is 0 Å². The van der Waals surface area contributed by atoms with E-state index in [1.54, 1.807) is 11.0 Å². The number of anilines is 1. The lowest BCUT2D eigenvalue weighted by Gasteiger charge is -2.37. The number of unbranched alkanes of at least 4 members (excludes halogenated alkanes) is 1. The van der Waals surface area contributed by atoms with Gasteiger partial charge in [-0.05, 0) is 31.5 Å². The van der Waals surface area contributed by atoms with E-state index < -0.39 is 11.7 Å². The van der Waals surface area contributed by atoms with E-state index in [2.05, 4.69) is 4.90 Å². The van der Waals surface area contributed by atoms with Crippen LogP contribution in [0.25, 0.3) is 0 Å². The molecule has 1 aromatic rings. The molecule has 0 amide bonds. The molecule has 3 nitrogen and oxygen atoms in total. The molecule has 0 saturated carbocycles. The molecule has 0 aromatic heterocycles. The minimum absolute atomic E-state index is 0.162. The van der Waals surface area contributed by atoms with Gasteiger partial charge in [0.05, 0.1) is 16.3 Å². The molecule has 1 saturated heterocycles. The largest absolute Gasteiger partial charge is 0.419 e. The van der Waals surface area contributed by atoms with E-state index in [1.165, 1.54) is 12.1 Å². The maximum Gasteiger partial charge on any atom is 0.419 e. The van der Waals surface area contributed by atoms with Gasteiger partial charge in [-0.25, -0.2) is 0 Å². The topological polar surface area (TPSA) is 26.7 Å². The minimum Gasteiger partial charge on any atom is -0.396 e. The van der Waals surface area contributed by atoms with Gasteiger partial charge in [-0.2, -0.15) is 13.2 Å².